The molecule has 0 radical (unpaired) electrons. The summed E-state index contributed by atoms with van der Waals surface area (Å²) in [7, 11) is 0. The van der Waals surface area contributed by atoms with Crippen LogP contribution in [0.5, 0.6) is 0 Å². The lowest BCUT2D eigenvalue weighted by Crippen LogP contribution is -2.25. The molecule has 0 unspecified atom stereocenters. The number of rotatable bonds is 2. The molecule has 1 heterocycles. The predicted molar refractivity (Wildman–Crippen MR) is 76.5 cm³/mol. The second-order valence-electron chi connectivity index (χ2n) is 5.07. The second-order valence-corrected chi connectivity index (χ2v) is 5.07. The normalized spacial score (nSPS) is 13.9. The molecule has 0 fully saturated rings. The van der Waals surface area contributed by atoms with Gasteiger partial charge in [-0.25, -0.2) is 0 Å². The third kappa shape index (κ3) is 2.32. The largest absolute Gasteiger partial charge is 0.312 e. The van der Waals surface area contributed by atoms with Crippen molar-refractivity contribution in [3.05, 3.63) is 70.3 Å². The number of hydrogen-bond donors (Lipinski definition) is 1. The summed E-state index contributed by atoms with van der Waals surface area (Å²) in [4.78, 5) is 12.7. The highest BCUT2D eigenvalue weighted by Gasteiger charge is 2.18. The fraction of sp³-hybridized carbons (Fsp3) is 0.235. The first kappa shape index (κ1) is 12.1. The van der Waals surface area contributed by atoms with Crippen LogP contribution in [0.4, 0.5) is 0 Å². The first-order chi connectivity index (χ1) is 9.25. The first-order valence-electron chi connectivity index (χ1n) is 6.68. The zero-order chi connectivity index (χ0) is 13.2. The third-order valence-corrected chi connectivity index (χ3v) is 3.67. The summed E-state index contributed by atoms with van der Waals surface area (Å²) >= 11 is 0. The number of hydrogen-bond acceptors (Lipinski definition) is 2. The highest BCUT2D eigenvalue weighted by molar-refractivity contribution is 6.10. The van der Waals surface area contributed by atoms with E-state index in [1.165, 1.54) is 11.1 Å². The zero-order valence-electron chi connectivity index (χ0n) is 11.1. The van der Waals surface area contributed by atoms with Crippen LogP contribution in [0.2, 0.25) is 0 Å². The van der Waals surface area contributed by atoms with E-state index >= 15 is 0 Å². The van der Waals surface area contributed by atoms with E-state index in [1.807, 2.05) is 43.3 Å². The van der Waals surface area contributed by atoms with Crippen LogP contribution < -0.4 is 5.32 Å². The van der Waals surface area contributed by atoms with Gasteiger partial charge in [0.05, 0.1) is 0 Å². The maximum Gasteiger partial charge on any atom is 0.193 e. The van der Waals surface area contributed by atoms with Crippen molar-refractivity contribution in [2.45, 2.75) is 19.9 Å². The highest BCUT2D eigenvalue weighted by Crippen LogP contribution is 2.21. The van der Waals surface area contributed by atoms with Crippen molar-refractivity contribution in [1.82, 2.24) is 5.32 Å². The van der Waals surface area contributed by atoms with Crippen LogP contribution in [0, 0.1) is 6.92 Å². The maximum absolute atomic E-state index is 12.7. The quantitative estimate of drug-likeness (QED) is 0.832. The van der Waals surface area contributed by atoms with E-state index in [9.17, 15) is 4.79 Å². The summed E-state index contributed by atoms with van der Waals surface area (Å²) < 4.78 is 0. The molecular weight excluding hydrogens is 234 g/mol. The Bertz CT molecular complexity index is 631. The molecule has 3 rings (SSSR count). The van der Waals surface area contributed by atoms with Crippen molar-refractivity contribution < 1.29 is 4.79 Å². The summed E-state index contributed by atoms with van der Waals surface area (Å²) in [5.41, 5.74) is 5.24. The number of fused-ring (bicyclic) bond motifs is 1. The highest BCUT2D eigenvalue weighted by atomic mass is 16.1. The molecule has 1 N–H and O–H groups in total. The van der Waals surface area contributed by atoms with Crippen molar-refractivity contribution in [2.24, 2.45) is 0 Å². The average Bonchev–Trinajstić information content (AvgIpc) is 2.46. The molecule has 1 aliphatic heterocycles. The molecule has 0 spiro atoms. The van der Waals surface area contributed by atoms with Crippen LogP contribution in [-0.4, -0.2) is 12.3 Å². The molecule has 0 aliphatic carbocycles. The number of ketones is 1. The summed E-state index contributed by atoms with van der Waals surface area (Å²) in [6, 6.07) is 13.9. The number of nitrogens with one attached hydrogen (secondary N) is 1. The zero-order valence-corrected chi connectivity index (χ0v) is 11.1. The van der Waals surface area contributed by atoms with Crippen LogP contribution >= 0.6 is 0 Å². The molecule has 0 atom stereocenters. The third-order valence-electron chi connectivity index (χ3n) is 3.67. The number of carbonyl (C=O) groups excluding carboxylic acids is 1. The van der Waals surface area contributed by atoms with Gasteiger partial charge >= 0.3 is 0 Å². The van der Waals surface area contributed by atoms with Crippen LogP contribution in [0.3, 0.4) is 0 Å². The molecule has 0 aromatic heterocycles. The van der Waals surface area contributed by atoms with E-state index in [0.717, 1.165) is 36.2 Å². The van der Waals surface area contributed by atoms with E-state index in [4.69, 9.17) is 0 Å². The standard InChI is InChI=1S/C17H17NO/c1-12-4-2-5-13(10-12)17(19)16-7-3-6-14-11-18-9-8-15(14)16/h2-7,10,18H,8-9,11H2,1H3. The lowest BCUT2D eigenvalue weighted by atomic mass is 9.91. The first-order valence-corrected chi connectivity index (χ1v) is 6.68. The van der Waals surface area contributed by atoms with Gasteiger partial charge in [-0.15, -0.1) is 0 Å². The minimum absolute atomic E-state index is 0.141. The Morgan fingerprint density at radius 2 is 2.00 bits per heavy atom. The lowest BCUT2D eigenvalue weighted by molar-refractivity contribution is 0.103. The topological polar surface area (TPSA) is 29.1 Å². The van der Waals surface area contributed by atoms with Crippen molar-refractivity contribution in [2.75, 3.05) is 6.54 Å². The van der Waals surface area contributed by atoms with Gasteiger partial charge < -0.3 is 5.32 Å². The van der Waals surface area contributed by atoms with Crippen LogP contribution in [-0.2, 0) is 13.0 Å². The number of aryl methyl sites for hydroxylation is 1. The van der Waals surface area contributed by atoms with E-state index in [-0.39, 0.29) is 5.78 Å². The van der Waals surface area contributed by atoms with Gasteiger partial charge in [0.15, 0.2) is 5.78 Å². The van der Waals surface area contributed by atoms with Crippen molar-refractivity contribution >= 4 is 5.78 Å². The molecule has 2 aromatic rings. The average molecular weight is 251 g/mol. The smallest absolute Gasteiger partial charge is 0.193 e. The molecule has 0 bridgehead atoms. The Balaban J connectivity index is 2.05. The van der Waals surface area contributed by atoms with Crippen LogP contribution in [0.25, 0.3) is 0 Å². The number of benzene rings is 2. The summed E-state index contributed by atoms with van der Waals surface area (Å²) in [5.74, 6) is 0.141. The van der Waals surface area contributed by atoms with Crippen molar-refractivity contribution in [3.8, 4) is 0 Å². The lowest BCUT2D eigenvalue weighted by Gasteiger charge is -2.19. The van der Waals surface area contributed by atoms with E-state index in [2.05, 4.69) is 11.4 Å². The van der Waals surface area contributed by atoms with Gasteiger partial charge in [0, 0.05) is 17.7 Å². The maximum atomic E-state index is 12.7. The minimum atomic E-state index is 0.141. The Labute approximate surface area is 113 Å². The Morgan fingerprint density at radius 1 is 1.16 bits per heavy atom. The van der Waals surface area contributed by atoms with Crippen LogP contribution in [0.1, 0.15) is 32.6 Å². The molecule has 2 nitrogen and oxygen atoms in total. The summed E-state index contributed by atoms with van der Waals surface area (Å²) in [5, 5.41) is 3.34. The van der Waals surface area contributed by atoms with E-state index in [1.54, 1.807) is 0 Å². The van der Waals surface area contributed by atoms with Crippen molar-refractivity contribution in [3.63, 3.8) is 0 Å². The molecule has 0 saturated heterocycles. The molecule has 0 saturated carbocycles. The van der Waals surface area contributed by atoms with Gasteiger partial charge in [-0.1, -0.05) is 42.0 Å². The van der Waals surface area contributed by atoms with Gasteiger partial charge in [0.2, 0.25) is 0 Å². The van der Waals surface area contributed by atoms with E-state index in [0.29, 0.717) is 0 Å². The molecule has 2 aromatic carbocycles. The predicted octanol–water partition coefficient (Wildman–Crippen LogP) is 2.87. The molecule has 1 aliphatic rings. The summed E-state index contributed by atoms with van der Waals surface area (Å²) in [6.07, 6.45) is 0.934. The van der Waals surface area contributed by atoms with E-state index < -0.39 is 0 Å². The van der Waals surface area contributed by atoms with Crippen molar-refractivity contribution in [1.29, 1.82) is 0 Å². The van der Waals surface area contributed by atoms with Crippen LogP contribution in [0.15, 0.2) is 42.5 Å². The Hall–Kier alpha value is -1.93. The minimum Gasteiger partial charge on any atom is -0.312 e. The fourth-order valence-corrected chi connectivity index (χ4v) is 2.69. The van der Waals surface area contributed by atoms with Gasteiger partial charge in [-0.05, 0) is 37.1 Å². The fourth-order valence-electron chi connectivity index (χ4n) is 2.69. The SMILES string of the molecule is Cc1cccc(C(=O)c2cccc3c2CCNC3)c1. The monoisotopic (exact) mass is 251 g/mol. The molecule has 96 valence electrons. The molecular formula is C17H17NO. The molecule has 0 amide bonds. The Morgan fingerprint density at radius 3 is 2.84 bits per heavy atom. The molecule has 2 heteroatoms. The van der Waals surface area contributed by atoms with Gasteiger partial charge in [-0.3, -0.25) is 4.79 Å². The summed E-state index contributed by atoms with van der Waals surface area (Å²) in [6.45, 7) is 3.83. The second kappa shape index (κ2) is 4.98. The van der Waals surface area contributed by atoms with Gasteiger partial charge in [0.1, 0.15) is 0 Å². The molecule has 19 heavy (non-hydrogen) atoms. The van der Waals surface area contributed by atoms with Gasteiger partial charge in [-0.2, -0.15) is 0 Å². The Kier molecular flexibility index (Phi) is 3.18. The van der Waals surface area contributed by atoms with Gasteiger partial charge in [0.25, 0.3) is 0 Å². The number of carbonyl (C=O) groups is 1.